The molecule has 10 heteroatoms. The molecule has 0 saturated heterocycles. The summed E-state index contributed by atoms with van der Waals surface area (Å²) >= 11 is 0. The monoisotopic (exact) mass is 440 g/mol. The van der Waals surface area contributed by atoms with Crippen LogP contribution >= 0.6 is 0 Å². The molecule has 0 aliphatic heterocycles. The quantitative estimate of drug-likeness (QED) is 0.477. The highest BCUT2D eigenvalue weighted by Gasteiger charge is 2.23. The van der Waals surface area contributed by atoms with Gasteiger partial charge in [-0.05, 0) is 36.8 Å². The van der Waals surface area contributed by atoms with Crippen LogP contribution in [0.3, 0.4) is 0 Å². The van der Waals surface area contributed by atoms with Gasteiger partial charge in [0.2, 0.25) is 11.8 Å². The van der Waals surface area contributed by atoms with E-state index in [1.54, 1.807) is 24.3 Å². The van der Waals surface area contributed by atoms with E-state index in [-0.39, 0.29) is 48.1 Å². The molecule has 0 radical (unpaired) electrons. The van der Waals surface area contributed by atoms with Crippen LogP contribution < -0.4 is 10.6 Å². The number of nitro benzene ring substituents is 2. The van der Waals surface area contributed by atoms with Crippen molar-refractivity contribution in [2.45, 2.75) is 50.6 Å². The van der Waals surface area contributed by atoms with E-state index < -0.39 is 9.85 Å². The number of carbonyl (C=O) groups is 2. The number of rotatable bonds is 8. The third-order valence-electron chi connectivity index (χ3n) is 5.48. The van der Waals surface area contributed by atoms with Crippen molar-refractivity contribution < 1.29 is 19.4 Å². The minimum absolute atomic E-state index is 0.0110. The molecule has 1 aliphatic carbocycles. The molecule has 0 unspecified atom stereocenters. The maximum absolute atomic E-state index is 12.3. The van der Waals surface area contributed by atoms with Crippen LogP contribution in [0, 0.1) is 20.2 Å². The lowest BCUT2D eigenvalue weighted by Crippen LogP contribution is -2.44. The van der Waals surface area contributed by atoms with Crippen molar-refractivity contribution in [1.29, 1.82) is 0 Å². The Morgan fingerprint density at radius 1 is 0.688 bits per heavy atom. The predicted octanol–water partition coefficient (Wildman–Crippen LogP) is 2.83. The minimum Gasteiger partial charge on any atom is -0.353 e. The minimum atomic E-state index is -0.479. The van der Waals surface area contributed by atoms with E-state index in [0.717, 1.165) is 25.7 Å². The Kier molecular flexibility index (Phi) is 7.48. The Balaban J connectivity index is 1.38. The van der Waals surface area contributed by atoms with E-state index in [1.165, 1.54) is 24.3 Å². The van der Waals surface area contributed by atoms with Crippen LogP contribution in [0.4, 0.5) is 11.4 Å². The molecule has 32 heavy (non-hydrogen) atoms. The molecule has 0 atom stereocenters. The van der Waals surface area contributed by atoms with Gasteiger partial charge in [0.1, 0.15) is 0 Å². The Labute approximate surface area is 184 Å². The lowest BCUT2D eigenvalue weighted by molar-refractivity contribution is -0.385. The maximum atomic E-state index is 12.3. The zero-order valence-corrected chi connectivity index (χ0v) is 17.4. The van der Waals surface area contributed by atoms with Gasteiger partial charge in [0, 0.05) is 36.3 Å². The second-order valence-electron chi connectivity index (χ2n) is 7.88. The topological polar surface area (TPSA) is 144 Å². The van der Waals surface area contributed by atoms with Crippen molar-refractivity contribution in [2.75, 3.05) is 0 Å². The number of nitro groups is 2. The summed E-state index contributed by atoms with van der Waals surface area (Å²) in [5, 5.41) is 27.4. The molecule has 0 spiro atoms. The van der Waals surface area contributed by atoms with Gasteiger partial charge < -0.3 is 10.6 Å². The molecule has 1 aliphatic rings. The lowest BCUT2D eigenvalue weighted by Gasteiger charge is -2.29. The molecule has 168 valence electrons. The number of hydrogen-bond acceptors (Lipinski definition) is 6. The van der Waals surface area contributed by atoms with E-state index in [0.29, 0.717) is 11.1 Å². The Morgan fingerprint density at radius 3 is 1.28 bits per heavy atom. The summed E-state index contributed by atoms with van der Waals surface area (Å²) in [4.78, 5) is 45.0. The van der Waals surface area contributed by atoms with Gasteiger partial charge in [-0.3, -0.25) is 29.8 Å². The lowest BCUT2D eigenvalue weighted by atomic mass is 9.90. The van der Waals surface area contributed by atoms with Gasteiger partial charge in [0.05, 0.1) is 22.7 Å². The second kappa shape index (κ2) is 10.5. The molecule has 1 saturated carbocycles. The van der Waals surface area contributed by atoms with Crippen LogP contribution in [0.15, 0.2) is 48.5 Å². The Bertz CT molecular complexity index is 901. The molecule has 1 fully saturated rings. The first kappa shape index (κ1) is 22.9. The highest BCUT2D eigenvalue weighted by molar-refractivity contribution is 5.79. The summed E-state index contributed by atoms with van der Waals surface area (Å²) in [5.41, 5.74) is 1.40. The van der Waals surface area contributed by atoms with Crippen molar-refractivity contribution in [3.8, 4) is 0 Å². The van der Waals surface area contributed by atoms with E-state index >= 15 is 0 Å². The van der Waals surface area contributed by atoms with Gasteiger partial charge in [-0.2, -0.15) is 0 Å². The van der Waals surface area contributed by atoms with Crippen molar-refractivity contribution in [1.82, 2.24) is 10.6 Å². The average molecular weight is 440 g/mol. The molecule has 2 N–H and O–H groups in total. The van der Waals surface area contributed by atoms with Gasteiger partial charge in [-0.1, -0.05) is 24.3 Å². The summed E-state index contributed by atoms with van der Waals surface area (Å²) in [6.07, 6.45) is 3.29. The third kappa shape index (κ3) is 6.59. The first-order valence-corrected chi connectivity index (χ1v) is 10.4. The van der Waals surface area contributed by atoms with E-state index in [2.05, 4.69) is 10.6 Å². The number of nitrogens with one attached hydrogen (secondary N) is 2. The fraction of sp³-hybridized carbons (Fsp3) is 0.364. The first-order valence-electron chi connectivity index (χ1n) is 10.4. The summed E-state index contributed by atoms with van der Waals surface area (Å²) in [7, 11) is 0. The predicted molar refractivity (Wildman–Crippen MR) is 116 cm³/mol. The van der Waals surface area contributed by atoms with Gasteiger partial charge in [-0.15, -0.1) is 0 Å². The molecule has 10 nitrogen and oxygen atoms in total. The number of benzene rings is 2. The van der Waals surface area contributed by atoms with Crippen LogP contribution in [0.25, 0.3) is 0 Å². The van der Waals surface area contributed by atoms with Crippen molar-refractivity contribution in [3.63, 3.8) is 0 Å². The van der Waals surface area contributed by atoms with Crippen molar-refractivity contribution in [3.05, 3.63) is 79.9 Å². The fourth-order valence-electron chi connectivity index (χ4n) is 3.78. The first-order chi connectivity index (χ1) is 15.3. The van der Waals surface area contributed by atoms with E-state index in [1.807, 2.05) is 0 Å². The number of amides is 2. The molecule has 2 aromatic rings. The molecular weight excluding hydrogens is 416 g/mol. The summed E-state index contributed by atoms with van der Waals surface area (Å²) in [5.74, 6) is -0.269. The molecule has 0 aromatic heterocycles. The second-order valence-corrected chi connectivity index (χ2v) is 7.88. The van der Waals surface area contributed by atoms with Crippen LogP contribution in [0.2, 0.25) is 0 Å². The summed E-state index contributed by atoms with van der Waals surface area (Å²) in [6.45, 7) is 0. The highest BCUT2D eigenvalue weighted by Crippen LogP contribution is 2.20. The molecule has 2 amide bonds. The molecule has 2 aromatic carbocycles. The molecule has 0 bridgehead atoms. The van der Waals surface area contributed by atoms with E-state index in [4.69, 9.17) is 0 Å². The van der Waals surface area contributed by atoms with Crippen LogP contribution in [0.1, 0.15) is 36.8 Å². The Morgan fingerprint density at radius 2 is 1.00 bits per heavy atom. The third-order valence-corrected chi connectivity index (χ3v) is 5.48. The standard InChI is InChI=1S/C22H24N4O6/c27-21(13-15-1-9-19(10-2-15)25(29)30)23-17-5-7-18(8-6-17)24-22(28)14-16-3-11-20(12-4-16)26(31)32/h1-4,9-12,17-18H,5-8,13-14H2,(H,23,27)(H,24,28). The SMILES string of the molecule is O=C(Cc1ccc([N+](=O)[O-])cc1)NC1CCC(NC(=O)Cc2ccc([N+](=O)[O-])cc2)CC1. The zero-order valence-electron chi connectivity index (χ0n) is 17.4. The summed E-state index contributed by atoms with van der Waals surface area (Å²) in [6, 6.07) is 11.9. The normalized spacial score (nSPS) is 17.9. The molecule has 0 heterocycles. The fourth-order valence-corrected chi connectivity index (χ4v) is 3.78. The van der Waals surface area contributed by atoms with Crippen LogP contribution in [-0.4, -0.2) is 33.7 Å². The van der Waals surface area contributed by atoms with Gasteiger partial charge in [0.25, 0.3) is 11.4 Å². The van der Waals surface area contributed by atoms with Gasteiger partial charge >= 0.3 is 0 Å². The maximum Gasteiger partial charge on any atom is 0.269 e. The van der Waals surface area contributed by atoms with Crippen molar-refractivity contribution in [2.24, 2.45) is 0 Å². The zero-order chi connectivity index (χ0) is 23.1. The molecular formula is C22H24N4O6. The Hall–Kier alpha value is -3.82. The van der Waals surface area contributed by atoms with Crippen LogP contribution in [0.5, 0.6) is 0 Å². The largest absolute Gasteiger partial charge is 0.353 e. The highest BCUT2D eigenvalue weighted by atomic mass is 16.6. The molecule has 3 rings (SSSR count). The smallest absolute Gasteiger partial charge is 0.269 e. The van der Waals surface area contributed by atoms with Gasteiger partial charge in [-0.25, -0.2) is 0 Å². The average Bonchev–Trinajstić information content (AvgIpc) is 2.76. The van der Waals surface area contributed by atoms with Crippen LogP contribution in [-0.2, 0) is 22.4 Å². The number of nitrogens with zero attached hydrogens (tertiary/aromatic N) is 2. The summed E-state index contributed by atoms with van der Waals surface area (Å²) < 4.78 is 0. The van der Waals surface area contributed by atoms with E-state index in [9.17, 15) is 29.8 Å². The number of carbonyl (C=O) groups excluding carboxylic acids is 2. The number of non-ortho nitro benzene ring substituents is 2. The van der Waals surface area contributed by atoms with Crippen molar-refractivity contribution >= 4 is 23.2 Å². The van der Waals surface area contributed by atoms with Gasteiger partial charge in [0.15, 0.2) is 0 Å². The number of hydrogen-bond donors (Lipinski definition) is 2.